The standard InChI is InChI=1S/C15H20N2O/c1-3-14-4-6-15(7-5-14)12-16-8-10-17(11-9-16)13(2)18/h3-7H,1,8-12H2,2H3. The summed E-state index contributed by atoms with van der Waals surface area (Å²) in [5.41, 5.74) is 2.47. The van der Waals surface area contributed by atoms with Crippen LogP contribution in [0, 0.1) is 0 Å². The Balaban J connectivity index is 1.87. The molecule has 3 nitrogen and oxygen atoms in total. The van der Waals surface area contributed by atoms with Crippen molar-refractivity contribution in [2.24, 2.45) is 0 Å². The molecule has 0 bridgehead atoms. The topological polar surface area (TPSA) is 23.6 Å². The van der Waals surface area contributed by atoms with Crippen molar-refractivity contribution >= 4 is 12.0 Å². The first-order chi connectivity index (χ1) is 8.69. The number of amides is 1. The minimum absolute atomic E-state index is 0.185. The van der Waals surface area contributed by atoms with Gasteiger partial charge < -0.3 is 4.90 Å². The highest BCUT2D eigenvalue weighted by Gasteiger charge is 2.18. The highest BCUT2D eigenvalue weighted by atomic mass is 16.2. The first kappa shape index (κ1) is 12.8. The van der Waals surface area contributed by atoms with Gasteiger partial charge in [-0.25, -0.2) is 0 Å². The lowest BCUT2D eigenvalue weighted by Gasteiger charge is -2.34. The molecule has 0 aromatic heterocycles. The number of nitrogens with zero attached hydrogens (tertiary/aromatic N) is 2. The molecule has 0 aliphatic carbocycles. The molecule has 0 atom stereocenters. The number of hydrogen-bond acceptors (Lipinski definition) is 2. The van der Waals surface area contributed by atoms with E-state index in [1.807, 2.05) is 11.0 Å². The van der Waals surface area contributed by atoms with E-state index in [9.17, 15) is 4.79 Å². The van der Waals surface area contributed by atoms with Gasteiger partial charge in [0.05, 0.1) is 0 Å². The average Bonchev–Trinajstić information content (AvgIpc) is 2.40. The van der Waals surface area contributed by atoms with E-state index < -0.39 is 0 Å². The van der Waals surface area contributed by atoms with Crippen molar-refractivity contribution in [2.45, 2.75) is 13.5 Å². The van der Waals surface area contributed by atoms with Crippen molar-refractivity contribution in [1.29, 1.82) is 0 Å². The molecule has 1 fully saturated rings. The molecule has 0 spiro atoms. The molecule has 1 amide bonds. The lowest BCUT2D eigenvalue weighted by Crippen LogP contribution is -2.47. The number of rotatable bonds is 3. The van der Waals surface area contributed by atoms with E-state index in [-0.39, 0.29) is 5.91 Å². The summed E-state index contributed by atoms with van der Waals surface area (Å²) in [6, 6.07) is 8.48. The van der Waals surface area contributed by atoms with Crippen LogP contribution in [0.25, 0.3) is 6.08 Å². The predicted molar refractivity (Wildman–Crippen MR) is 74.1 cm³/mol. The Morgan fingerprint density at radius 3 is 2.33 bits per heavy atom. The van der Waals surface area contributed by atoms with Crippen molar-refractivity contribution in [3.63, 3.8) is 0 Å². The number of piperazine rings is 1. The van der Waals surface area contributed by atoms with Crippen LogP contribution < -0.4 is 0 Å². The van der Waals surface area contributed by atoms with Crippen LogP contribution in [0.3, 0.4) is 0 Å². The number of benzene rings is 1. The Hall–Kier alpha value is -1.61. The summed E-state index contributed by atoms with van der Waals surface area (Å²) in [6.45, 7) is 9.97. The molecule has 0 saturated carbocycles. The highest BCUT2D eigenvalue weighted by Crippen LogP contribution is 2.10. The van der Waals surface area contributed by atoms with E-state index in [0.717, 1.165) is 38.3 Å². The predicted octanol–water partition coefficient (Wildman–Crippen LogP) is 1.99. The third-order valence-corrected chi connectivity index (χ3v) is 3.44. The second-order valence-corrected chi connectivity index (χ2v) is 4.73. The lowest BCUT2D eigenvalue weighted by atomic mass is 10.1. The Morgan fingerprint density at radius 1 is 1.22 bits per heavy atom. The molecule has 1 aromatic carbocycles. The summed E-state index contributed by atoms with van der Waals surface area (Å²) in [6.07, 6.45) is 1.86. The summed E-state index contributed by atoms with van der Waals surface area (Å²) < 4.78 is 0. The molecule has 0 radical (unpaired) electrons. The molecular weight excluding hydrogens is 224 g/mol. The number of hydrogen-bond donors (Lipinski definition) is 0. The van der Waals surface area contributed by atoms with Crippen LogP contribution in [0.15, 0.2) is 30.8 Å². The summed E-state index contributed by atoms with van der Waals surface area (Å²) in [5, 5.41) is 0. The van der Waals surface area contributed by atoms with Crippen molar-refractivity contribution in [3.8, 4) is 0 Å². The molecule has 1 heterocycles. The molecule has 2 rings (SSSR count). The number of carbonyl (C=O) groups excluding carboxylic acids is 1. The largest absolute Gasteiger partial charge is 0.340 e. The fourth-order valence-electron chi connectivity index (χ4n) is 2.24. The van der Waals surface area contributed by atoms with Crippen molar-refractivity contribution < 1.29 is 4.79 Å². The van der Waals surface area contributed by atoms with E-state index >= 15 is 0 Å². The van der Waals surface area contributed by atoms with Gasteiger partial charge in [0.2, 0.25) is 5.91 Å². The van der Waals surface area contributed by atoms with Gasteiger partial charge >= 0.3 is 0 Å². The quantitative estimate of drug-likeness (QED) is 0.812. The van der Waals surface area contributed by atoms with Gasteiger partial charge in [-0.1, -0.05) is 36.9 Å². The van der Waals surface area contributed by atoms with Gasteiger partial charge in [-0.2, -0.15) is 0 Å². The molecule has 1 aromatic rings. The molecule has 96 valence electrons. The van der Waals surface area contributed by atoms with Gasteiger partial charge in [0.1, 0.15) is 0 Å². The van der Waals surface area contributed by atoms with Crippen molar-refractivity contribution in [2.75, 3.05) is 26.2 Å². The Morgan fingerprint density at radius 2 is 1.83 bits per heavy atom. The zero-order valence-corrected chi connectivity index (χ0v) is 10.9. The maximum atomic E-state index is 11.2. The highest BCUT2D eigenvalue weighted by molar-refractivity contribution is 5.73. The van der Waals surface area contributed by atoms with Gasteiger partial charge in [0, 0.05) is 39.6 Å². The van der Waals surface area contributed by atoms with Crippen LogP contribution in [0.4, 0.5) is 0 Å². The summed E-state index contributed by atoms with van der Waals surface area (Å²) >= 11 is 0. The van der Waals surface area contributed by atoms with E-state index in [2.05, 4.69) is 35.7 Å². The van der Waals surface area contributed by atoms with Crippen LogP contribution in [-0.2, 0) is 11.3 Å². The zero-order valence-electron chi connectivity index (χ0n) is 10.9. The van der Waals surface area contributed by atoms with Crippen LogP contribution in [0.5, 0.6) is 0 Å². The Kier molecular flexibility index (Phi) is 4.15. The number of carbonyl (C=O) groups is 1. The molecule has 1 saturated heterocycles. The van der Waals surface area contributed by atoms with E-state index in [4.69, 9.17) is 0 Å². The van der Waals surface area contributed by atoms with Crippen LogP contribution >= 0.6 is 0 Å². The van der Waals surface area contributed by atoms with Gasteiger partial charge in [0.15, 0.2) is 0 Å². The smallest absolute Gasteiger partial charge is 0.219 e. The van der Waals surface area contributed by atoms with Crippen molar-refractivity contribution in [3.05, 3.63) is 42.0 Å². The SMILES string of the molecule is C=Cc1ccc(CN2CCN(C(C)=O)CC2)cc1. The monoisotopic (exact) mass is 244 g/mol. The third-order valence-electron chi connectivity index (χ3n) is 3.44. The van der Waals surface area contributed by atoms with Crippen LogP contribution in [-0.4, -0.2) is 41.9 Å². The Bertz CT molecular complexity index is 417. The normalized spacial score (nSPS) is 16.6. The lowest BCUT2D eigenvalue weighted by molar-refractivity contribution is -0.130. The Labute approximate surface area is 109 Å². The van der Waals surface area contributed by atoms with Crippen LogP contribution in [0.2, 0.25) is 0 Å². The maximum absolute atomic E-state index is 11.2. The molecule has 0 N–H and O–H groups in total. The molecular formula is C15H20N2O. The fourth-order valence-corrected chi connectivity index (χ4v) is 2.24. The summed E-state index contributed by atoms with van der Waals surface area (Å²) in [4.78, 5) is 15.5. The first-order valence-electron chi connectivity index (χ1n) is 6.38. The summed E-state index contributed by atoms with van der Waals surface area (Å²) in [5.74, 6) is 0.185. The van der Waals surface area contributed by atoms with Crippen LogP contribution in [0.1, 0.15) is 18.1 Å². The summed E-state index contributed by atoms with van der Waals surface area (Å²) in [7, 11) is 0. The minimum Gasteiger partial charge on any atom is -0.340 e. The molecule has 1 aliphatic heterocycles. The first-order valence-corrected chi connectivity index (χ1v) is 6.38. The third kappa shape index (κ3) is 3.20. The molecule has 1 aliphatic rings. The van der Waals surface area contributed by atoms with Gasteiger partial charge in [-0.05, 0) is 11.1 Å². The van der Waals surface area contributed by atoms with Gasteiger partial charge in [-0.3, -0.25) is 9.69 Å². The molecule has 3 heteroatoms. The van der Waals surface area contributed by atoms with Gasteiger partial charge in [-0.15, -0.1) is 0 Å². The molecule has 0 unspecified atom stereocenters. The maximum Gasteiger partial charge on any atom is 0.219 e. The van der Waals surface area contributed by atoms with E-state index in [0.29, 0.717) is 0 Å². The zero-order chi connectivity index (χ0) is 13.0. The minimum atomic E-state index is 0.185. The van der Waals surface area contributed by atoms with E-state index in [1.165, 1.54) is 5.56 Å². The van der Waals surface area contributed by atoms with E-state index in [1.54, 1.807) is 6.92 Å². The average molecular weight is 244 g/mol. The fraction of sp³-hybridized carbons (Fsp3) is 0.400. The second kappa shape index (κ2) is 5.83. The molecule has 18 heavy (non-hydrogen) atoms. The van der Waals surface area contributed by atoms with Crippen molar-refractivity contribution in [1.82, 2.24) is 9.80 Å². The van der Waals surface area contributed by atoms with Gasteiger partial charge in [0.25, 0.3) is 0 Å². The second-order valence-electron chi connectivity index (χ2n) is 4.73.